The van der Waals surface area contributed by atoms with Crippen molar-refractivity contribution in [3.63, 3.8) is 0 Å². The van der Waals surface area contributed by atoms with Crippen LogP contribution < -0.4 is 5.32 Å². The average molecular weight is 415 g/mol. The normalized spacial score (nSPS) is 13.3. The van der Waals surface area contributed by atoms with Gasteiger partial charge in [-0.05, 0) is 68.1 Å². The average Bonchev–Trinajstić information content (AvgIpc) is 3.33. The molecule has 6 heteroatoms. The molecule has 0 aliphatic carbocycles. The standard InChI is InChI=1S/C25H26N4O2/c1-17-5-8-23(27-14-17)20-11-21(13-22(12-20)25(31)29-9-3-4-10-29)24(30)28-16-19-7-6-18(2)26-15-19/h5-8,11-15H,3-4,9-10,16H2,1-2H3,(H,28,30). The number of likely N-dealkylation sites (tertiary alicyclic amines) is 1. The van der Waals surface area contributed by atoms with Crippen LogP contribution in [-0.4, -0.2) is 39.8 Å². The summed E-state index contributed by atoms with van der Waals surface area (Å²) in [6, 6.07) is 13.0. The third kappa shape index (κ3) is 4.97. The first-order chi connectivity index (χ1) is 15.0. The molecule has 2 aromatic heterocycles. The second kappa shape index (κ2) is 9.08. The highest BCUT2D eigenvalue weighted by Gasteiger charge is 2.22. The number of rotatable bonds is 5. The van der Waals surface area contributed by atoms with E-state index >= 15 is 0 Å². The number of benzene rings is 1. The first kappa shape index (κ1) is 20.7. The molecule has 2 amide bonds. The quantitative estimate of drug-likeness (QED) is 0.687. The highest BCUT2D eigenvalue weighted by atomic mass is 16.2. The zero-order chi connectivity index (χ0) is 21.8. The van der Waals surface area contributed by atoms with Gasteiger partial charge in [0, 0.05) is 54.4 Å². The molecule has 158 valence electrons. The van der Waals surface area contributed by atoms with Gasteiger partial charge in [0.1, 0.15) is 0 Å². The number of carbonyl (C=O) groups is 2. The molecule has 0 atom stereocenters. The fraction of sp³-hybridized carbons (Fsp3) is 0.280. The van der Waals surface area contributed by atoms with E-state index in [1.54, 1.807) is 24.5 Å². The molecule has 1 aromatic carbocycles. The van der Waals surface area contributed by atoms with E-state index in [0.717, 1.165) is 54.0 Å². The number of hydrogen-bond donors (Lipinski definition) is 1. The molecule has 3 aromatic rings. The molecule has 1 fully saturated rings. The minimum absolute atomic E-state index is 0.0387. The summed E-state index contributed by atoms with van der Waals surface area (Å²) in [4.78, 5) is 36.6. The number of carbonyl (C=O) groups excluding carboxylic acids is 2. The lowest BCUT2D eigenvalue weighted by atomic mass is 10.0. The summed E-state index contributed by atoms with van der Waals surface area (Å²) >= 11 is 0. The predicted octanol–water partition coefficient (Wildman–Crippen LogP) is 3.93. The zero-order valence-corrected chi connectivity index (χ0v) is 17.9. The van der Waals surface area contributed by atoms with E-state index in [2.05, 4.69) is 15.3 Å². The van der Waals surface area contributed by atoms with Gasteiger partial charge in [-0.1, -0.05) is 12.1 Å². The van der Waals surface area contributed by atoms with Gasteiger partial charge in [-0.3, -0.25) is 19.6 Å². The molecule has 0 bridgehead atoms. The molecule has 3 heterocycles. The lowest BCUT2D eigenvalue weighted by Gasteiger charge is -2.17. The summed E-state index contributed by atoms with van der Waals surface area (Å²) in [6.45, 7) is 5.78. The van der Waals surface area contributed by atoms with Crippen LogP contribution in [0.1, 0.15) is 50.4 Å². The summed E-state index contributed by atoms with van der Waals surface area (Å²) in [7, 11) is 0. The molecular weight excluding hydrogens is 388 g/mol. The molecule has 1 aliphatic rings. The largest absolute Gasteiger partial charge is 0.348 e. The molecule has 0 spiro atoms. The van der Waals surface area contributed by atoms with Crippen LogP contribution in [0.4, 0.5) is 0 Å². The molecule has 0 unspecified atom stereocenters. The Bertz CT molecular complexity index is 1090. The van der Waals surface area contributed by atoms with Crippen molar-refractivity contribution in [3.05, 3.63) is 82.8 Å². The Morgan fingerprint density at radius 3 is 2.39 bits per heavy atom. The van der Waals surface area contributed by atoms with Gasteiger partial charge in [-0.25, -0.2) is 0 Å². The van der Waals surface area contributed by atoms with E-state index in [4.69, 9.17) is 0 Å². The Hall–Kier alpha value is -3.54. The molecule has 1 saturated heterocycles. The molecule has 0 saturated carbocycles. The second-order valence-electron chi connectivity index (χ2n) is 8.01. The van der Waals surface area contributed by atoms with E-state index in [1.807, 2.05) is 49.1 Å². The monoisotopic (exact) mass is 414 g/mol. The molecule has 0 radical (unpaired) electrons. The van der Waals surface area contributed by atoms with Crippen LogP contribution in [-0.2, 0) is 6.54 Å². The fourth-order valence-electron chi connectivity index (χ4n) is 3.66. The van der Waals surface area contributed by atoms with Crippen LogP contribution in [0, 0.1) is 13.8 Å². The first-order valence-corrected chi connectivity index (χ1v) is 10.6. The Balaban J connectivity index is 1.63. The molecular formula is C25H26N4O2. The minimum atomic E-state index is -0.231. The van der Waals surface area contributed by atoms with E-state index in [9.17, 15) is 9.59 Å². The van der Waals surface area contributed by atoms with Gasteiger partial charge in [-0.2, -0.15) is 0 Å². The van der Waals surface area contributed by atoms with E-state index < -0.39 is 0 Å². The Kier molecular flexibility index (Phi) is 6.07. The lowest BCUT2D eigenvalue weighted by molar-refractivity contribution is 0.0793. The van der Waals surface area contributed by atoms with Crippen molar-refractivity contribution in [2.24, 2.45) is 0 Å². The van der Waals surface area contributed by atoms with Crippen molar-refractivity contribution >= 4 is 11.8 Å². The predicted molar refractivity (Wildman–Crippen MR) is 120 cm³/mol. The van der Waals surface area contributed by atoms with Crippen molar-refractivity contribution < 1.29 is 9.59 Å². The fourth-order valence-corrected chi connectivity index (χ4v) is 3.66. The minimum Gasteiger partial charge on any atom is -0.348 e. The number of hydrogen-bond acceptors (Lipinski definition) is 4. The van der Waals surface area contributed by atoms with Crippen molar-refractivity contribution in [2.75, 3.05) is 13.1 Å². The lowest BCUT2D eigenvalue weighted by Crippen LogP contribution is -2.28. The number of aromatic nitrogens is 2. The molecule has 4 rings (SSSR count). The van der Waals surface area contributed by atoms with E-state index in [1.165, 1.54) is 0 Å². The smallest absolute Gasteiger partial charge is 0.253 e. The van der Waals surface area contributed by atoms with Crippen LogP contribution in [0.5, 0.6) is 0 Å². The van der Waals surface area contributed by atoms with Crippen LogP contribution >= 0.6 is 0 Å². The summed E-state index contributed by atoms with van der Waals surface area (Å²) in [5.41, 5.74) is 5.36. The van der Waals surface area contributed by atoms with Crippen LogP contribution in [0.15, 0.2) is 54.9 Å². The highest BCUT2D eigenvalue weighted by Crippen LogP contribution is 2.23. The number of pyridine rings is 2. The third-order valence-corrected chi connectivity index (χ3v) is 5.47. The summed E-state index contributed by atoms with van der Waals surface area (Å²) in [5.74, 6) is -0.270. The van der Waals surface area contributed by atoms with E-state index in [-0.39, 0.29) is 11.8 Å². The van der Waals surface area contributed by atoms with Gasteiger partial charge in [0.05, 0.1) is 5.69 Å². The second-order valence-corrected chi connectivity index (χ2v) is 8.01. The topological polar surface area (TPSA) is 75.2 Å². The van der Waals surface area contributed by atoms with Gasteiger partial charge in [0.2, 0.25) is 0 Å². The maximum absolute atomic E-state index is 13.0. The van der Waals surface area contributed by atoms with Crippen molar-refractivity contribution in [1.29, 1.82) is 0 Å². The van der Waals surface area contributed by atoms with Gasteiger partial charge < -0.3 is 10.2 Å². The summed E-state index contributed by atoms with van der Waals surface area (Å²) in [5, 5.41) is 2.93. The highest BCUT2D eigenvalue weighted by molar-refractivity contribution is 6.01. The molecule has 1 aliphatic heterocycles. The first-order valence-electron chi connectivity index (χ1n) is 10.6. The third-order valence-electron chi connectivity index (χ3n) is 5.47. The number of amides is 2. The molecule has 6 nitrogen and oxygen atoms in total. The van der Waals surface area contributed by atoms with Crippen molar-refractivity contribution in [2.45, 2.75) is 33.2 Å². The van der Waals surface area contributed by atoms with Gasteiger partial charge in [0.25, 0.3) is 11.8 Å². The van der Waals surface area contributed by atoms with Crippen LogP contribution in [0.3, 0.4) is 0 Å². The Morgan fingerprint density at radius 2 is 1.71 bits per heavy atom. The molecule has 31 heavy (non-hydrogen) atoms. The summed E-state index contributed by atoms with van der Waals surface area (Å²) in [6.07, 6.45) is 5.57. The van der Waals surface area contributed by atoms with Crippen molar-refractivity contribution in [1.82, 2.24) is 20.2 Å². The van der Waals surface area contributed by atoms with Gasteiger partial charge in [0.15, 0.2) is 0 Å². The number of nitrogens with zero attached hydrogens (tertiary/aromatic N) is 3. The Labute approximate surface area is 182 Å². The van der Waals surface area contributed by atoms with Crippen molar-refractivity contribution in [3.8, 4) is 11.3 Å². The van der Waals surface area contributed by atoms with Crippen LogP contribution in [0.25, 0.3) is 11.3 Å². The molecule has 1 N–H and O–H groups in total. The number of aryl methyl sites for hydroxylation is 2. The van der Waals surface area contributed by atoms with Crippen LogP contribution in [0.2, 0.25) is 0 Å². The Morgan fingerprint density at radius 1 is 0.935 bits per heavy atom. The summed E-state index contributed by atoms with van der Waals surface area (Å²) < 4.78 is 0. The zero-order valence-electron chi connectivity index (χ0n) is 17.9. The van der Waals surface area contributed by atoms with Gasteiger partial charge in [-0.15, -0.1) is 0 Å². The SMILES string of the molecule is Cc1ccc(-c2cc(C(=O)NCc3ccc(C)nc3)cc(C(=O)N3CCCC3)c2)nc1. The van der Waals surface area contributed by atoms with Gasteiger partial charge >= 0.3 is 0 Å². The van der Waals surface area contributed by atoms with E-state index in [0.29, 0.717) is 17.7 Å². The maximum atomic E-state index is 13.0. The number of nitrogens with one attached hydrogen (secondary N) is 1. The maximum Gasteiger partial charge on any atom is 0.253 e.